The van der Waals surface area contributed by atoms with Gasteiger partial charge in [0.05, 0.1) is 17.9 Å². The minimum absolute atomic E-state index is 0.00266. The van der Waals surface area contributed by atoms with Crippen LogP contribution in [0, 0.1) is 34.0 Å². The second-order valence-corrected chi connectivity index (χ2v) is 11.8. The van der Waals surface area contributed by atoms with Crippen LogP contribution in [-0.2, 0) is 14.3 Å². The molecule has 6 nitrogen and oxygen atoms in total. The third kappa shape index (κ3) is 2.89. The van der Waals surface area contributed by atoms with Crippen molar-refractivity contribution in [3.05, 3.63) is 48.0 Å². The molecule has 5 rings (SSSR count). The van der Waals surface area contributed by atoms with Crippen LogP contribution in [0.5, 0.6) is 0 Å². The van der Waals surface area contributed by atoms with Gasteiger partial charge in [-0.2, -0.15) is 0 Å². The van der Waals surface area contributed by atoms with Crippen LogP contribution in [0.2, 0.25) is 0 Å². The molecule has 3 saturated carbocycles. The molecule has 1 N–H and O–H groups in total. The molecule has 0 bridgehead atoms. The van der Waals surface area contributed by atoms with Crippen LogP contribution in [-0.4, -0.2) is 34.3 Å². The molecular formula is C29H36O6. The highest BCUT2D eigenvalue weighted by Gasteiger charge is 2.75. The lowest BCUT2D eigenvalue weighted by atomic mass is 9.39. The highest BCUT2D eigenvalue weighted by atomic mass is 16.6. The first-order chi connectivity index (χ1) is 16.5. The fourth-order valence-corrected chi connectivity index (χ4v) is 8.68. The van der Waals surface area contributed by atoms with E-state index < -0.39 is 33.9 Å². The molecule has 6 heteroatoms. The largest absolute Gasteiger partial charge is 0.472 e. The molecule has 0 radical (unpaired) electrons. The summed E-state index contributed by atoms with van der Waals surface area (Å²) in [6.07, 6.45) is 10.3. The van der Waals surface area contributed by atoms with Crippen molar-refractivity contribution in [2.24, 2.45) is 34.0 Å². The highest BCUT2D eigenvalue weighted by molar-refractivity contribution is 6.01. The summed E-state index contributed by atoms with van der Waals surface area (Å²) in [7, 11) is 0. The third-order valence-corrected chi connectivity index (χ3v) is 10.7. The number of ether oxygens (including phenoxy) is 1. The summed E-state index contributed by atoms with van der Waals surface area (Å²) in [6, 6.07) is 1.55. The van der Waals surface area contributed by atoms with Crippen molar-refractivity contribution < 1.29 is 28.6 Å². The Labute approximate surface area is 206 Å². The molecule has 4 aliphatic rings. The topological polar surface area (TPSA) is 93.8 Å². The van der Waals surface area contributed by atoms with E-state index in [1.54, 1.807) is 18.2 Å². The summed E-state index contributed by atoms with van der Waals surface area (Å²) in [4.78, 5) is 39.1. The number of aliphatic hydroxyl groups is 1. The number of aliphatic hydroxyl groups excluding tert-OH is 1. The predicted molar refractivity (Wildman–Crippen MR) is 129 cm³/mol. The van der Waals surface area contributed by atoms with Crippen molar-refractivity contribution in [3.8, 4) is 0 Å². The standard InChI is InChI=1S/C29H36O6/c1-6-23(31)29(35-25(33)18-10-12-34-16-18)17(2)13-22-21-8-7-19-14-20(30)9-11-26(19,3)28(21,5)24(32)15-27(22,29)4/h9-12,14,16-17,21-22,24,32H,6-8,13,15H2,1-5H3/t17-,21+,22+,24+,26+,27+,28-,29+/m1/s1. The van der Waals surface area contributed by atoms with E-state index in [9.17, 15) is 19.5 Å². The maximum atomic E-state index is 13.7. The van der Waals surface area contributed by atoms with Crippen molar-refractivity contribution in [2.45, 2.75) is 78.4 Å². The van der Waals surface area contributed by atoms with Gasteiger partial charge in [0.1, 0.15) is 6.26 Å². The molecule has 4 aliphatic carbocycles. The highest BCUT2D eigenvalue weighted by Crippen LogP contribution is 2.73. The van der Waals surface area contributed by atoms with Crippen molar-refractivity contribution in [1.29, 1.82) is 0 Å². The fraction of sp³-hybridized carbons (Fsp3) is 0.621. The van der Waals surface area contributed by atoms with Gasteiger partial charge in [-0.25, -0.2) is 4.79 Å². The summed E-state index contributed by atoms with van der Waals surface area (Å²) in [5.41, 5.74) is -1.61. The van der Waals surface area contributed by atoms with Crippen molar-refractivity contribution in [1.82, 2.24) is 0 Å². The number of hydrogen-bond donors (Lipinski definition) is 1. The summed E-state index contributed by atoms with van der Waals surface area (Å²) in [5.74, 6) is -0.646. The summed E-state index contributed by atoms with van der Waals surface area (Å²) < 4.78 is 11.3. The molecule has 1 aromatic rings. The Morgan fingerprint density at radius 2 is 1.97 bits per heavy atom. The first kappa shape index (κ1) is 24.2. The maximum Gasteiger partial charge on any atom is 0.342 e. The Kier molecular flexibility index (Phi) is 5.37. The van der Waals surface area contributed by atoms with Crippen molar-refractivity contribution >= 4 is 17.5 Å². The van der Waals surface area contributed by atoms with Crippen LogP contribution in [0.4, 0.5) is 0 Å². The van der Waals surface area contributed by atoms with Gasteiger partial charge in [0.2, 0.25) is 0 Å². The Hall–Kier alpha value is -2.47. The Bertz CT molecular complexity index is 1130. The van der Waals surface area contributed by atoms with E-state index in [1.807, 2.05) is 26.8 Å². The lowest BCUT2D eigenvalue weighted by molar-refractivity contribution is -0.208. The Morgan fingerprint density at radius 3 is 2.63 bits per heavy atom. The lowest BCUT2D eigenvalue weighted by Crippen LogP contribution is -2.67. The van der Waals surface area contributed by atoms with Gasteiger partial charge in [-0.05, 0) is 55.7 Å². The second-order valence-electron chi connectivity index (χ2n) is 11.8. The molecule has 0 spiro atoms. The van der Waals surface area contributed by atoms with E-state index in [2.05, 4.69) is 13.8 Å². The molecule has 35 heavy (non-hydrogen) atoms. The molecule has 0 saturated heterocycles. The number of fused-ring (bicyclic) bond motifs is 5. The number of rotatable bonds is 4. The van der Waals surface area contributed by atoms with Gasteiger partial charge in [-0.15, -0.1) is 0 Å². The monoisotopic (exact) mass is 480 g/mol. The zero-order valence-corrected chi connectivity index (χ0v) is 21.3. The molecule has 0 unspecified atom stereocenters. The van der Waals surface area contributed by atoms with Crippen LogP contribution in [0.25, 0.3) is 0 Å². The van der Waals surface area contributed by atoms with E-state index in [-0.39, 0.29) is 41.3 Å². The Morgan fingerprint density at radius 1 is 1.23 bits per heavy atom. The minimum Gasteiger partial charge on any atom is -0.472 e. The third-order valence-electron chi connectivity index (χ3n) is 10.7. The second kappa shape index (κ2) is 7.76. The van der Waals surface area contributed by atoms with Gasteiger partial charge >= 0.3 is 5.97 Å². The van der Waals surface area contributed by atoms with E-state index in [0.29, 0.717) is 6.42 Å². The van der Waals surface area contributed by atoms with Crippen LogP contribution in [0.15, 0.2) is 46.8 Å². The van der Waals surface area contributed by atoms with Gasteiger partial charge in [0, 0.05) is 28.6 Å². The molecule has 8 atom stereocenters. The zero-order valence-electron chi connectivity index (χ0n) is 21.3. The predicted octanol–water partition coefficient (Wildman–Crippen LogP) is 5.07. The van der Waals surface area contributed by atoms with Gasteiger partial charge in [-0.1, -0.05) is 46.3 Å². The number of ketones is 2. The quantitative estimate of drug-likeness (QED) is 0.605. The first-order valence-corrected chi connectivity index (χ1v) is 12.9. The van der Waals surface area contributed by atoms with Crippen LogP contribution in [0.3, 0.4) is 0 Å². The smallest absolute Gasteiger partial charge is 0.342 e. The van der Waals surface area contributed by atoms with Gasteiger partial charge in [0.15, 0.2) is 17.2 Å². The normalized spacial score (nSPS) is 44.2. The molecule has 0 amide bonds. The number of Topliss-reactive ketones (excluding diaryl/α,β-unsaturated/α-hetero) is 1. The molecule has 1 aromatic heterocycles. The first-order valence-electron chi connectivity index (χ1n) is 12.9. The number of carbonyl (C=O) groups is 3. The number of carbonyl (C=O) groups excluding carboxylic acids is 3. The molecule has 188 valence electrons. The lowest BCUT2D eigenvalue weighted by Gasteiger charge is -2.65. The Balaban J connectivity index is 1.61. The van der Waals surface area contributed by atoms with Crippen molar-refractivity contribution in [2.75, 3.05) is 0 Å². The van der Waals surface area contributed by atoms with E-state index in [4.69, 9.17) is 9.15 Å². The van der Waals surface area contributed by atoms with Crippen LogP contribution < -0.4 is 0 Å². The maximum absolute atomic E-state index is 13.7. The fourth-order valence-electron chi connectivity index (χ4n) is 8.68. The SMILES string of the molecule is CCC(=O)[C@@]1(OC(=O)c2ccoc2)[C@H](C)C[C@H]2[C@@H]3CCC4=CC(=O)C=C[C@]4(C)[C@@]3(C)[C@@H](O)C[C@@]21C. The number of allylic oxidation sites excluding steroid dienone is 4. The molecule has 0 aliphatic heterocycles. The van der Waals surface area contributed by atoms with Gasteiger partial charge in [-0.3, -0.25) is 9.59 Å². The number of furan rings is 1. The molecule has 1 heterocycles. The van der Waals surface area contributed by atoms with Gasteiger partial charge < -0.3 is 14.3 Å². The van der Waals surface area contributed by atoms with Crippen LogP contribution >= 0.6 is 0 Å². The average molecular weight is 481 g/mol. The van der Waals surface area contributed by atoms with Gasteiger partial charge in [0.25, 0.3) is 0 Å². The van der Waals surface area contributed by atoms with E-state index in [0.717, 1.165) is 24.8 Å². The molecule has 3 fully saturated rings. The molecule has 0 aromatic carbocycles. The molecular weight excluding hydrogens is 444 g/mol. The van der Waals surface area contributed by atoms with Crippen LogP contribution in [0.1, 0.15) is 77.1 Å². The summed E-state index contributed by atoms with van der Waals surface area (Å²) in [5, 5.41) is 11.9. The van der Waals surface area contributed by atoms with Crippen molar-refractivity contribution in [3.63, 3.8) is 0 Å². The average Bonchev–Trinajstić information content (AvgIpc) is 3.42. The summed E-state index contributed by atoms with van der Waals surface area (Å²) in [6.45, 7) is 10.2. The van der Waals surface area contributed by atoms with E-state index in [1.165, 1.54) is 12.5 Å². The van der Waals surface area contributed by atoms with E-state index >= 15 is 0 Å². The minimum atomic E-state index is -1.32. The number of hydrogen-bond acceptors (Lipinski definition) is 6. The summed E-state index contributed by atoms with van der Waals surface area (Å²) >= 11 is 0. The number of esters is 1. The zero-order chi connectivity index (χ0) is 25.4.